The van der Waals surface area contributed by atoms with E-state index in [1.165, 1.54) is 31.3 Å². The summed E-state index contributed by atoms with van der Waals surface area (Å²) in [5.74, 6) is -1.48. The lowest BCUT2D eigenvalue weighted by Gasteiger charge is -2.19. The zero-order valence-electron chi connectivity index (χ0n) is 9.98. The van der Waals surface area contributed by atoms with Crippen molar-refractivity contribution in [3.63, 3.8) is 0 Å². The Hall–Kier alpha value is -1.62. The summed E-state index contributed by atoms with van der Waals surface area (Å²) in [4.78, 5) is 23.3. The second-order valence-corrected chi connectivity index (χ2v) is 5.17. The summed E-state index contributed by atoms with van der Waals surface area (Å²) >= 11 is 1.53. The van der Waals surface area contributed by atoms with Gasteiger partial charge in [-0.15, -0.1) is 11.3 Å². The lowest BCUT2D eigenvalue weighted by atomic mass is 10.1. The van der Waals surface area contributed by atoms with Crippen LogP contribution >= 0.6 is 11.3 Å². The first-order chi connectivity index (χ1) is 7.83. The number of nitrogens with one attached hydrogen (secondary N) is 1. The van der Waals surface area contributed by atoms with Gasteiger partial charge >= 0.3 is 5.97 Å². The quantitative estimate of drug-likeness (QED) is 0.807. The Balaban J connectivity index is 2.65. The van der Waals surface area contributed by atoms with E-state index >= 15 is 0 Å². The van der Waals surface area contributed by atoms with Crippen LogP contribution in [0.25, 0.3) is 6.08 Å². The highest BCUT2D eigenvalue weighted by Gasteiger charge is 2.27. The van der Waals surface area contributed by atoms with E-state index in [-0.39, 0.29) is 0 Å². The van der Waals surface area contributed by atoms with Gasteiger partial charge in [0.1, 0.15) is 5.54 Å². The molecule has 1 amide bonds. The summed E-state index contributed by atoms with van der Waals surface area (Å²) in [6.45, 7) is 4.84. The fraction of sp³-hybridized carbons (Fsp3) is 0.333. The molecule has 0 aliphatic carbocycles. The van der Waals surface area contributed by atoms with Crippen LogP contribution in [-0.4, -0.2) is 22.5 Å². The molecule has 5 heteroatoms. The van der Waals surface area contributed by atoms with Gasteiger partial charge in [-0.05, 0) is 43.9 Å². The van der Waals surface area contributed by atoms with Gasteiger partial charge in [0, 0.05) is 11.0 Å². The normalized spacial score (nSPS) is 11.7. The molecule has 0 atom stereocenters. The molecule has 2 N–H and O–H groups in total. The van der Waals surface area contributed by atoms with Gasteiger partial charge in [-0.25, -0.2) is 4.79 Å². The molecule has 0 aliphatic heterocycles. The van der Waals surface area contributed by atoms with E-state index in [1.54, 1.807) is 6.08 Å². The van der Waals surface area contributed by atoms with Crippen LogP contribution in [0, 0.1) is 6.92 Å². The molecule has 0 fully saturated rings. The molecule has 1 aromatic rings. The van der Waals surface area contributed by atoms with Crippen molar-refractivity contribution < 1.29 is 14.7 Å². The van der Waals surface area contributed by atoms with Crippen LogP contribution in [0.2, 0.25) is 0 Å². The highest BCUT2D eigenvalue weighted by Crippen LogP contribution is 2.16. The van der Waals surface area contributed by atoms with E-state index < -0.39 is 17.4 Å². The molecule has 0 saturated carbocycles. The van der Waals surface area contributed by atoms with E-state index in [0.29, 0.717) is 0 Å². The first-order valence-electron chi connectivity index (χ1n) is 5.10. The Bertz CT molecular complexity index is 460. The zero-order chi connectivity index (χ0) is 13.1. The van der Waals surface area contributed by atoms with Crippen molar-refractivity contribution in [3.8, 4) is 0 Å². The largest absolute Gasteiger partial charge is 0.480 e. The summed E-state index contributed by atoms with van der Waals surface area (Å²) < 4.78 is 0. The Morgan fingerprint density at radius 1 is 1.47 bits per heavy atom. The van der Waals surface area contributed by atoms with Crippen molar-refractivity contribution in [2.75, 3.05) is 0 Å². The van der Waals surface area contributed by atoms with E-state index in [9.17, 15) is 9.59 Å². The molecule has 1 rings (SSSR count). The number of carboxylic acid groups (broad SMARTS) is 1. The van der Waals surface area contributed by atoms with Crippen LogP contribution in [0.1, 0.15) is 24.3 Å². The van der Waals surface area contributed by atoms with Gasteiger partial charge in [0.15, 0.2) is 0 Å². The summed E-state index contributed by atoms with van der Waals surface area (Å²) in [5.41, 5.74) is -0.164. The van der Waals surface area contributed by atoms with Crippen molar-refractivity contribution in [2.45, 2.75) is 26.3 Å². The average Bonchev–Trinajstić information content (AvgIpc) is 2.60. The average molecular weight is 253 g/mol. The number of hydrogen-bond donors (Lipinski definition) is 2. The Morgan fingerprint density at radius 2 is 2.12 bits per heavy atom. The van der Waals surface area contributed by atoms with Gasteiger partial charge in [-0.3, -0.25) is 4.79 Å². The van der Waals surface area contributed by atoms with Crippen molar-refractivity contribution in [3.05, 3.63) is 28.0 Å². The molecule has 0 radical (unpaired) electrons. The van der Waals surface area contributed by atoms with Gasteiger partial charge in [0.05, 0.1) is 0 Å². The number of aryl methyl sites for hydroxylation is 1. The summed E-state index contributed by atoms with van der Waals surface area (Å²) in [7, 11) is 0. The van der Waals surface area contributed by atoms with E-state index in [4.69, 9.17) is 5.11 Å². The van der Waals surface area contributed by atoms with Crippen LogP contribution in [-0.2, 0) is 9.59 Å². The minimum absolute atomic E-state index is 0.412. The minimum atomic E-state index is -1.26. The van der Waals surface area contributed by atoms with Gasteiger partial charge in [-0.2, -0.15) is 0 Å². The molecule has 0 saturated heterocycles. The molecular formula is C12H15NO3S. The number of aliphatic carboxylic acids is 1. The number of rotatable bonds is 4. The van der Waals surface area contributed by atoms with Crippen molar-refractivity contribution in [1.82, 2.24) is 5.32 Å². The fourth-order valence-corrected chi connectivity index (χ4v) is 1.93. The molecular weight excluding hydrogens is 238 g/mol. The molecule has 1 aromatic heterocycles. The van der Waals surface area contributed by atoms with Gasteiger partial charge in [0.25, 0.3) is 0 Å². The number of carboxylic acids is 1. The first-order valence-corrected chi connectivity index (χ1v) is 5.98. The third-order valence-corrected chi connectivity index (χ3v) is 3.24. The topological polar surface area (TPSA) is 66.4 Å². The molecule has 17 heavy (non-hydrogen) atoms. The molecule has 0 aromatic carbocycles. The van der Waals surface area contributed by atoms with Gasteiger partial charge in [0.2, 0.25) is 5.91 Å². The maximum absolute atomic E-state index is 11.5. The molecule has 4 nitrogen and oxygen atoms in total. The van der Waals surface area contributed by atoms with Crippen molar-refractivity contribution in [1.29, 1.82) is 0 Å². The smallest absolute Gasteiger partial charge is 0.328 e. The number of hydrogen-bond acceptors (Lipinski definition) is 3. The highest BCUT2D eigenvalue weighted by molar-refractivity contribution is 7.11. The lowest BCUT2D eigenvalue weighted by Crippen LogP contribution is -2.49. The maximum atomic E-state index is 11.5. The second kappa shape index (κ2) is 5.14. The monoisotopic (exact) mass is 253 g/mol. The summed E-state index contributed by atoms with van der Waals surface area (Å²) in [5, 5.41) is 13.2. The molecule has 0 aliphatic rings. The lowest BCUT2D eigenvalue weighted by molar-refractivity contribution is -0.145. The van der Waals surface area contributed by atoms with Crippen LogP contribution < -0.4 is 5.32 Å². The van der Waals surface area contributed by atoms with E-state index in [0.717, 1.165) is 10.4 Å². The van der Waals surface area contributed by atoms with E-state index in [2.05, 4.69) is 5.32 Å². The number of thiophene rings is 1. The van der Waals surface area contributed by atoms with E-state index in [1.807, 2.05) is 18.4 Å². The fourth-order valence-electron chi connectivity index (χ4n) is 1.11. The van der Waals surface area contributed by atoms with Crippen LogP contribution in [0.4, 0.5) is 0 Å². The third kappa shape index (κ3) is 3.71. The Labute approximate surface area is 104 Å². The third-order valence-electron chi connectivity index (χ3n) is 2.26. The molecule has 0 spiro atoms. The molecule has 0 bridgehead atoms. The molecule has 92 valence electrons. The zero-order valence-corrected chi connectivity index (χ0v) is 10.8. The van der Waals surface area contributed by atoms with Crippen LogP contribution in [0.15, 0.2) is 17.5 Å². The van der Waals surface area contributed by atoms with Gasteiger partial charge < -0.3 is 10.4 Å². The first kappa shape index (κ1) is 13.4. The van der Waals surface area contributed by atoms with Gasteiger partial charge in [-0.1, -0.05) is 0 Å². The summed E-state index contributed by atoms with van der Waals surface area (Å²) in [6, 6.07) is 1.96. The predicted octanol–water partition coefficient (Wildman–Crippen LogP) is 2.05. The Morgan fingerprint density at radius 3 is 2.59 bits per heavy atom. The van der Waals surface area contributed by atoms with Crippen LogP contribution in [0.5, 0.6) is 0 Å². The van der Waals surface area contributed by atoms with Crippen molar-refractivity contribution >= 4 is 29.3 Å². The number of amides is 1. The molecule has 1 heterocycles. The highest BCUT2D eigenvalue weighted by atomic mass is 32.1. The number of carbonyl (C=O) groups excluding carboxylic acids is 1. The second-order valence-electron chi connectivity index (χ2n) is 4.22. The SMILES string of the molecule is Cc1ccsc1C=CC(=O)NC(C)(C)C(=O)O. The standard InChI is InChI=1S/C12H15NO3S/c1-8-6-7-17-9(8)4-5-10(14)13-12(2,3)11(15)16/h4-7H,1-3H3,(H,13,14)(H,15,16). The molecule has 0 unspecified atom stereocenters. The Kier molecular flexibility index (Phi) is 4.07. The summed E-state index contributed by atoms with van der Waals surface area (Å²) in [6.07, 6.45) is 3.04. The minimum Gasteiger partial charge on any atom is -0.480 e. The van der Waals surface area contributed by atoms with Crippen molar-refractivity contribution in [2.24, 2.45) is 0 Å². The maximum Gasteiger partial charge on any atom is 0.328 e. The number of carbonyl (C=O) groups is 2. The van der Waals surface area contributed by atoms with Crippen LogP contribution in [0.3, 0.4) is 0 Å². The predicted molar refractivity (Wildman–Crippen MR) is 67.9 cm³/mol.